The maximum atomic E-state index is 13.8. The standard InChI is InChI=1S/C16H13BrFNO2/c1-20-16-7-12(2-4-13(16)9-19)10-21-15-5-3-11(8-17)6-14(15)18/h2-7H,8,10H2,1H3. The molecular formula is C16H13BrFNO2. The van der Waals surface area contributed by atoms with E-state index in [1.54, 1.807) is 30.3 Å². The average Bonchev–Trinajstić information content (AvgIpc) is 2.53. The second-order valence-corrected chi connectivity index (χ2v) is 4.89. The number of rotatable bonds is 5. The van der Waals surface area contributed by atoms with Crippen LogP contribution in [0.5, 0.6) is 11.5 Å². The minimum atomic E-state index is -0.396. The Bertz CT molecular complexity index is 682. The number of nitrogens with zero attached hydrogens (tertiary/aromatic N) is 1. The van der Waals surface area contributed by atoms with E-state index in [0.29, 0.717) is 16.6 Å². The molecule has 0 saturated carbocycles. The number of nitriles is 1. The highest BCUT2D eigenvalue weighted by molar-refractivity contribution is 9.08. The second-order valence-electron chi connectivity index (χ2n) is 4.33. The van der Waals surface area contributed by atoms with Crippen LogP contribution >= 0.6 is 15.9 Å². The summed E-state index contributed by atoms with van der Waals surface area (Å²) in [6, 6.07) is 12.0. The molecule has 21 heavy (non-hydrogen) atoms. The third-order valence-electron chi connectivity index (χ3n) is 2.93. The van der Waals surface area contributed by atoms with E-state index in [-0.39, 0.29) is 12.4 Å². The average molecular weight is 350 g/mol. The van der Waals surface area contributed by atoms with Crippen molar-refractivity contribution in [3.8, 4) is 17.6 Å². The summed E-state index contributed by atoms with van der Waals surface area (Å²) in [6.07, 6.45) is 0. The van der Waals surface area contributed by atoms with Gasteiger partial charge in [-0.3, -0.25) is 0 Å². The van der Waals surface area contributed by atoms with E-state index >= 15 is 0 Å². The minimum absolute atomic E-state index is 0.197. The Morgan fingerprint density at radius 2 is 1.90 bits per heavy atom. The normalized spacial score (nSPS) is 10.0. The number of ether oxygens (including phenoxy) is 2. The fourth-order valence-electron chi connectivity index (χ4n) is 1.82. The van der Waals surface area contributed by atoms with Gasteiger partial charge in [-0.25, -0.2) is 4.39 Å². The summed E-state index contributed by atoms with van der Waals surface area (Å²) in [5.74, 6) is 0.282. The molecule has 108 valence electrons. The van der Waals surface area contributed by atoms with Crippen LogP contribution in [0, 0.1) is 17.1 Å². The van der Waals surface area contributed by atoms with Gasteiger partial charge in [0.15, 0.2) is 11.6 Å². The topological polar surface area (TPSA) is 42.2 Å². The number of hydrogen-bond acceptors (Lipinski definition) is 3. The van der Waals surface area contributed by atoms with E-state index in [0.717, 1.165) is 11.1 Å². The summed E-state index contributed by atoms with van der Waals surface area (Å²) in [5.41, 5.74) is 2.10. The van der Waals surface area contributed by atoms with E-state index in [1.165, 1.54) is 13.2 Å². The molecule has 0 aromatic heterocycles. The molecule has 0 fully saturated rings. The van der Waals surface area contributed by atoms with Gasteiger partial charge >= 0.3 is 0 Å². The maximum absolute atomic E-state index is 13.8. The molecule has 0 bridgehead atoms. The van der Waals surface area contributed by atoms with Crippen molar-refractivity contribution in [3.05, 3.63) is 58.9 Å². The number of halogens is 2. The van der Waals surface area contributed by atoms with Crippen molar-refractivity contribution < 1.29 is 13.9 Å². The van der Waals surface area contributed by atoms with E-state index in [9.17, 15) is 4.39 Å². The van der Waals surface area contributed by atoms with E-state index in [1.807, 2.05) is 6.07 Å². The fraction of sp³-hybridized carbons (Fsp3) is 0.188. The van der Waals surface area contributed by atoms with Crippen molar-refractivity contribution in [3.63, 3.8) is 0 Å². The first-order valence-corrected chi connectivity index (χ1v) is 7.34. The molecule has 0 aliphatic rings. The number of benzene rings is 2. The first-order valence-electron chi connectivity index (χ1n) is 6.22. The van der Waals surface area contributed by atoms with Gasteiger partial charge in [0.2, 0.25) is 0 Å². The first-order chi connectivity index (χ1) is 10.2. The second kappa shape index (κ2) is 7.09. The third-order valence-corrected chi connectivity index (χ3v) is 3.58. The highest BCUT2D eigenvalue weighted by Gasteiger charge is 2.07. The third kappa shape index (κ3) is 3.73. The van der Waals surface area contributed by atoms with Crippen LogP contribution in [0.2, 0.25) is 0 Å². The summed E-state index contributed by atoms with van der Waals surface area (Å²) in [6.45, 7) is 0.201. The van der Waals surface area contributed by atoms with Gasteiger partial charge in [0, 0.05) is 5.33 Å². The van der Waals surface area contributed by atoms with Crippen molar-refractivity contribution in [2.45, 2.75) is 11.9 Å². The molecule has 0 spiro atoms. The van der Waals surface area contributed by atoms with Crippen LogP contribution in [-0.2, 0) is 11.9 Å². The SMILES string of the molecule is COc1cc(COc2ccc(CBr)cc2F)ccc1C#N. The van der Waals surface area contributed by atoms with E-state index < -0.39 is 5.82 Å². The van der Waals surface area contributed by atoms with Crippen LogP contribution < -0.4 is 9.47 Å². The number of hydrogen-bond donors (Lipinski definition) is 0. The Hall–Kier alpha value is -2.06. The molecule has 0 N–H and O–H groups in total. The molecule has 0 heterocycles. The summed E-state index contributed by atoms with van der Waals surface area (Å²) in [7, 11) is 1.50. The van der Waals surface area contributed by atoms with Gasteiger partial charge < -0.3 is 9.47 Å². The molecule has 0 aliphatic carbocycles. The quantitative estimate of drug-likeness (QED) is 0.760. The number of methoxy groups -OCH3 is 1. The van der Waals surface area contributed by atoms with Crippen molar-refractivity contribution in [2.24, 2.45) is 0 Å². The van der Waals surface area contributed by atoms with Gasteiger partial charge in [0.25, 0.3) is 0 Å². The molecule has 2 aromatic rings. The van der Waals surface area contributed by atoms with Crippen LogP contribution in [0.4, 0.5) is 4.39 Å². The predicted octanol–water partition coefficient (Wildman–Crippen LogP) is 4.18. The van der Waals surface area contributed by atoms with Crippen LogP contribution in [0.15, 0.2) is 36.4 Å². The Balaban J connectivity index is 2.11. The zero-order valence-corrected chi connectivity index (χ0v) is 13.0. The first kappa shape index (κ1) is 15.3. The van der Waals surface area contributed by atoms with Gasteiger partial charge in [-0.05, 0) is 35.4 Å². The molecule has 2 rings (SSSR count). The smallest absolute Gasteiger partial charge is 0.165 e. The van der Waals surface area contributed by atoms with E-state index in [4.69, 9.17) is 14.7 Å². The highest BCUT2D eigenvalue weighted by Crippen LogP contribution is 2.23. The van der Waals surface area contributed by atoms with Crippen LogP contribution in [0.3, 0.4) is 0 Å². The monoisotopic (exact) mass is 349 g/mol. The Morgan fingerprint density at radius 1 is 1.14 bits per heavy atom. The molecule has 5 heteroatoms. The zero-order chi connectivity index (χ0) is 15.2. The molecule has 0 saturated heterocycles. The highest BCUT2D eigenvalue weighted by atomic mass is 79.9. The van der Waals surface area contributed by atoms with Crippen molar-refractivity contribution in [1.29, 1.82) is 5.26 Å². The lowest BCUT2D eigenvalue weighted by Gasteiger charge is -2.10. The molecule has 3 nitrogen and oxygen atoms in total. The van der Waals surface area contributed by atoms with E-state index in [2.05, 4.69) is 15.9 Å². The fourth-order valence-corrected chi connectivity index (χ4v) is 2.17. The summed E-state index contributed by atoms with van der Waals surface area (Å²) >= 11 is 3.27. The van der Waals surface area contributed by atoms with Gasteiger partial charge in [-0.1, -0.05) is 28.1 Å². The van der Waals surface area contributed by atoms with Gasteiger partial charge in [0.1, 0.15) is 18.4 Å². The molecule has 0 amide bonds. The Morgan fingerprint density at radius 3 is 2.52 bits per heavy atom. The molecular weight excluding hydrogens is 337 g/mol. The van der Waals surface area contributed by atoms with Crippen LogP contribution in [-0.4, -0.2) is 7.11 Å². The zero-order valence-electron chi connectivity index (χ0n) is 11.4. The molecule has 0 aliphatic heterocycles. The lowest BCUT2D eigenvalue weighted by Crippen LogP contribution is -1.99. The van der Waals surface area contributed by atoms with Gasteiger partial charge in [-0.2, -0.15) is 5.26 Å². The summed E-state index contributed by atoms with van der Waals surface area (Å²) < 4.78 is 24.4. The largest absolute Gasteiger partial charge is 0.495 e. The molecule has 0 atom stereocenters. The minimum Gasteiger partial charge on any atom is -0.495 e. The molecule has 0 unspecified atom stereocenters. The Kier molecular flexibility index (Phi) is 5.18. The number of alkyl halides is 1. The van der Waals surface area contributed by atoms with Crippen molar-refractivity contribution >= 4 is 15.9 Å². The Labute approximate surface area is 131 Å². The van der Waals surface area contributed by atoms with Crippen molar-refractivity contribution in [1.82, 2.24) is 0 Å². The molecule has 2 aromatic carbocycles. The summed E-state index contributed by atoms with van der Waals surface area (Å²) in [5, 5.41) is 9.51. The maximum Gasteiger partial charge on any atom is 0.165 e. The molecule has 0 radical (unpaired) electrons. The van der Waals surface area contributed by atoms with Crippen LogP contribution in [0.1, 0.15) is 16.7 Å². The van der Waals surface area contributed by atoms with Gasteiger partial charge in [0.05, 0.1) is 12.7 Å². The lowest BCUT2D eigenvalue weighted by molar-refractivity contribution is 0.289. The predicted molar refractivity (Wildman–Crippen MR) is 81.1 cm³/mol. The van der Waals surface area contributed by atoms with Gasteiger partial charge in [-0.15, -0.1) is 0 Å². The lowest BCUT2D eigenvalue weighted by atomic mass is 10.1. The van der Waals surface area contributed by atoms with Crippen molar-refractivity contribution in [2.75, 3.05) is 7.11 Å². The van der Waals surface area contributed by atoms with Crippen LogP contribution in [0.25, 0.3) is 0 Å². The summed E-state index contributed by atoms with van der Waals surface area (Å²) in [4.78, 5) is 0.